The number of likely N-dealkylation sites (tertiary alicyclic amines) is 1. The second kappa shape index (κ2) is 6.66. The number of pyridine rings is 1. The number of aromatic nitrogens is 2. The Balaban J connectivity index is 1.72. The predicted octanol–water partition coefficient (Wildman–Crippen LogP) is 3.13. The Morgan fingerprint density at radius 2 is 2.13 bits per heavy atom. The van der Waals surface area contributed by atoms with Crippen LogP contribution < -0.4 is 4.74 Å². The minimum absolute atomic E-state index is 0.00254. The summed E-state index contributed by atoms with van der Waals surface area (Å²) < 4.78 is 5.48. The van der Waals surface area contributed by atoms with Crippen molar-refractivity contribution in [3.8, 4) is 5.88 Å². The molecule has 23 heavy (non-hydrogen) atoms. The van der Waals surface area contributed by atoms with Gasteiger partial charge in [-0.1, -0.05) is 6.92 Å². The molecule has 0 atom stereocenters. The van der Waals surface area contributed by atoms with Crippen LogP contribution in [0.1, 0.15) is 42.1 Å². The fraction of sp³-hybridized carbons (Fsp3) is 0.471. The lowest BCUT2D eigenvalue weighted by atomic mass is 9.81. The van der Waals surface area contributed by atoms with Gasteiger partial charge >= 0.3 is 0 Å². The SMILES string of the molecule is CCOc1ncccc1C(=O)N1CCC(C)(c2nccs2)CC1. The predicted molar refractivity (Wildman–Crippen MR) is 90.0 cm³/mol. The third-order valence-corrected chi connectivity index (χ3v) is 5.46. The van der Waals surface area contributed by atoms with E-state index in [0.717, 1.165) is 25.9 Å². The van der Waals surface area contributed by atoms with Crippen molar-refractivity contribution in [2.45, 2.75) is 32.1 Å². The molecule has 0 bridgehead atoms. The van der Waals surface area contributed by atoms with Crippen LogP contribution in [0.2, 0.25) is 0 Å². The topological polar surface area (TPSA) is 55.3 Å². The lowest BCUT2D eigenvalue weighted by Crippen LogP contribution is -2.44. The molecule has 0 unspecified atom stereocenters. The summed E-state index contributed by atoms with van der Waals surface area (Å²) in [7, 11) is 0. The van der Waals surface area contributed by atoms with Crippen LogP contribution in [0.5, 0.6) is 5.88 Å². The Kier molecular flexibility index (Phi) is 4.61. The molecule has 2 aromatic rings. The fourth-order valence-corrected chi connectivity index (χ4v) is 3.78. The fourth-order valence-electron chi connectivity index (χ4n) is 2.91. The number of hydrogen-bond donors (Lipinski definition) is 0. The average Bonchev–Trinajstić information content (AvgIpc) is 3.11. The number of carbonyl (C=O) groups excluding carboxylic acids is 1. The molecule has 0 N–H and O–H groups in total. The largest absolute Gasteiger partial charge is 0.477 e. The van der Waals surface area contributed by atoms with Crippen LogP contribution in [0.4, 0.5) is 0 Å². The second-order valence-corrected chi connectivity index (χ2v) is 6.87. The van der Waals surface area contributed by atoms with Crippen molar-refractivity contribution in [3.63, 3.8) is 0 Å². The summed E-state index contributed by atoms with van der Waals surface area (Å²) in [4.78, 5) is 23.3. The van der Waals surface area contributed by atoms with Gasteiger partial charge in [-0.15, -0.1) is 11.3 Å². The van der Waals surface area contributed by atoms with Gasteiger partial charge < -0.3 is 9.64 Å². The number of amides is 1. The highest BCUT2D eigenvalue weighted by atomic mass is 32.1. The third kappa shape index (κ3) is 3.22. The van der Waals surface area contributed by atoms with Gasteiger partial charge in [0.1, 0.15) is 5.56 Å². The van der Waals surface area contributed by atoms with Crippen molar-refractivity contribution >= 4 is 17.2 Å². The Morgan fingerprint density at radius 1 is 1.35 bits per heavy atom. The first-order valence-electron chi connectivity index (χ1n) is 7.91. The zero-order valence-electron chi connectivity index (χ0n) is 13.5. The van der Waals surface area contributed by atoms with E-state index >= 15 is 0 Å². The first-order chi connectivity index (χ1) is 11.1. The van der Waals surface area contributed by atoms with Gasteiger partial charge in [-0.2, -0.15) is 0 Å². The van der Waals surface area contributed by atoms with Crippen molar-refractivity contribution in [2.24, 2.45) is 0 Å². The van der Waals surface area contributed by atoms with Gasteiger partial charge in [0.15, 0.2) is 0 Å². The zero-order valence-corrected chi connectivity index (χ0v) is 14.3. The first-order valence-corrected chi connectivity index (χ1v) is 8.79. The molecule has 1 aliphatic heterocycles. The number of hydrogen-bond acceptors (Lipinski definition) is 5. The highest BCUT2D eigenvalue weighted by molar-refractivity contribution is 7.09. The van der Waals surface area contributed by atoms with E-state index in [2.05, 4.69) is 16.9 Å². The van der Waals surface area contributed by atoms with Crippen molar-refractivity contribution in [1.29, 1.82) is 0 Å². The van der Waals surface area contributed by atoms with Crippen LogP contribution in [-0.2, 0) is 5.41 Å². The molecule has 3 rings (SSSR count). The molecule has 3 heterocycles. The van der Waals surface area contributed by atoms with Crippen molar-refractivity contribution in [2.75, 3.05) is 19.7 Å². The van der Waals surface area contributed by atoms with E-state index in [0.29, 0.717) is 18.1 Å². The van der Waals surface area contributed by atoms with Crippen LogP contribution in [0.15, 0.2) is 29.9 Å². The molecule has 6 heteroatoms. The van der Waals surface area contributed by atoms with Gasteiger partial charge in [0.25, 0.3) is 5.91 Å². The summed E-state index contributed by atoms with van der Waals surface area (Å²) in [5, 5.41) is 3.18. The monoisotopic (exact) mass is 331 g/mol. The summed E-state index contributed by atoms with van der Waals surface area (Å²) in [6.07, 6.45) is 5.36. The van der Waals surface area contributed by atoms with Gasteiger partial charge in [-0.3, -0.25) is 4.79 Å². The Hall–Kier alpha value is -1.95. The molecule has 0 spiro atoms. The maximum Gasteiger partial charge on any atom is 0.259 e. The van der Waals surface area contributed by atoms with Gasteiger partial charge in [0.05, 0.1) is 11.6 Å². The van der Waals surface area contributed by atoms with Crippen LogP contribution in [0.3, 0.4) is 0 Å². The molecule has 0 aromatic carbocycles. The summed E-state index contributed by atoms with van der Waals surface area (Å²) in [6.45, 7) is 6.09. The van der Waals surface area contributed by atoms with E-state index in [1.54, 1.807) is 29.7 Å². The van der Waals surface area contributed by atoms with Crippen LogP contribution in [0.25, 0.3) is 0 Å². The number of carbonyl (C=O) groups is 1. The summed E-state index contributed by atoms with van der Waals surface area (Å²) in [5.74, 6) is 0.427. The highest BCUT2D eigenvalue weighted by Gasteiger charge is 2.36. The van der Waals surface area contributed by atoms with Crippen molar-refractivity contribution in [3.05, 3.63) is 40.5 Å². The number of rotatable bonds is 4. The molecule has 1 saturated heterocycles. The van der Waals surface area contributed by atoms with E-state index in [4.69, 9.17) is 4.74 Å². The van der Waals surface area contributed by atoms with E-state index in [-0.39, 0.29) is 11.3 Å². The van der Waals surface area contributed by atoms with E-state index in [9.17, 15) is 4.79 Å². The Labute approximate surface area is 140 Å². The maximum absolute atomic E-state index is 12.8. The number of nitrogens with zero attached hydrogens (tertiary/aromatic N) is 3. The lowest BCUT2D eigenvalue weighted by molar-refractivity contribution is 0.0671. The first kappa shape index (κ1) is 15.9. The van der Waals surface area contributed by atoms with Crippen LogP contribution in [-0.4, -0.2) is 40.5 Å². The van der Waals surface area contributed by atoms with Crippen molar-refractivity contribution in [1.82, 2.24) is 14.9 Å². The molecule has 0 saturated carbocycles. The zero-order chi connectivity index (χ0) is 16.3. The second-order valence-electron chi connectivity index (χ2n) is 5.98. The molecular weight excluding hydrogens is 310 g/mol. The quantitative estimate of drug-likeness (QED) is 0.864. The normalized spacial score (nSPS) is 17.0. The minimum Gasteiger partial charge on any atom is -0.477 e. The lowest BCUT2D eigenvalue weighted by Gasteiger charge is -2.38. The van der Waals surface area contributed by atoms with Gasteiger partial charge in [0.2, 0.25) is 5.88 Å². The smallest absolute Gasteiger partial charge is 0.259 e. The summed E-state index contributed by atoms with van der Waals surface area (Å²) in [5.41, 5.74) is 0.620. The van der Waals surface area contributed by atoms with Crippen LogP contribution in [0, 0.1) is 0 Å². The van der Waals surface area contributed by atoms with Gasteiger partial charge in [-0.05, 0) is 31.9 Å². The standard InChI is InChI=1S/C17H21N3O2S/c1-3-22-14-13(5-4-8-18-14)15(21)20-10-6-17(2,7-11-20)16-19-9-12-23-16/h4-5,8-9,12H,3,6-7,10-11H2,1-2H3. The number of thiazole rings is 1. The molecule has 0 aliphatic carbocycles. The molecule has 5 nitrogen and oxygen atoms in total. The van der Waals surface area contributed by atoms with Crippen LogP contribution >= 0.6 is 11.3 Å². The third-order valence-electron chi connectivity index (χ3n) is 4.39. The molecule has 0 radical (unpaired) electrons. The molecule has 2 aromatic heterocycles. The molecule has 122 valence electrons. The molecule has 1 amide bonds. The number of ether oxygens (including phenoxy) is 1. The average molecular weight is 331 g/mol. The van der Waals surface area contributed by atoms with E-state index in [1.165, 1.54) is 5.01 Å². The van der Waals surface area contributed by atoms with E-state index < -0.39 is 0 Å². The molecule has 1 aliphatic rings. The highest BCUT2D eigenvalue weighted by Crippen LogP contribution is 2.36. The Morgan fingerprint density at radius 3 is 2.78 bits per heavy atom. The maximum atomic E-state index is 12.8. The van der Waals surface area contributed by atoms with Gasteiger partial charge in [-0.25, -0.2) is 9.97 Å². The van der Waals surface area contributed by atoms with Gasteiger partial charge in [0, 0.05) is 36.3 Å². The Bertz CT molecular complexity index is 664. The van der Waals surface area contributed by atoms with E-state index in [1.807, 2.05) is 23.4 Å². The minimum atomic E-state index is 0.00254. The molecular formula is C17H21N3O2S. The summed E-state index contributed by atoms with van der Waals surface area (Å²) >= 11 is 1.70. The summed E-state index contributed by atoms with van der Waals surface area (Å²) in [6, 6.07) is 3.56. The molecule has 1 fully saturated rings. The van der Waals surface area contributed by atoms with Crippen molar-refractivity contribution < 1.29 is 9.53 Å². The number of piperidine rings is 1.